The van der Waals surface area contributed by atoms with Crippen molar-refractivity contribution in [2.75, 3.05) is 94.7 Å². The minimum absolute atomic E-state index is 0.330. The summed E-state index contributed by atoms with van der Waals surface area (Å²) in [6.45, 7) is 10.9. The summed E-state index contributed by atoms with van der Waals surface area (Å²) in [5.41, 5.74) is 9.50. The SMILES string of the molecule is CN1CCN(c2cnc3c(Cl)nc(-c4ccccc4)nc3n2)CC1.CN1CCN(c2cnc3c(NCCCn4cncn4)nc(-c4ccccc4)nc3n2)CC1.NCCCn1cncn1. The third kappa shape index (κ3) is 12.0. The Hall–Kier alpha value is -6.87. The quantitative estimate of drug-likeness (QED) is 0.131. The molecule has 2 aliphatic rings. The Morgan fingerprint density at radius 1 is 0.585 bits per heavy atom. The lowest BCUT2D eigenvalue weighted by Gasteiger charge is -2.32. The van der Waals surface area contributed by atoms with E-state index in [0.29, 0.717) is 51.5 Å². The molecule has 21 heteroatoms. The molecule has 336 valence electrons. The molecule has 0 unspecified atom stereocenters. The molecule has 0 spiro atoms. The average Bonchev–Trinajstić information content (AvgIpc) is 4.09. The van der Waals surface area contributed by atoms with Crippen LogP contribution in [-0.4, -0.2) is 159 Å². The number of hydrogen-bond donors (Lipinski definition) is 2. The zero-order valence-electron chi connectivity index (χ0n) is 36.6. The van der Waals surface area contributed by atoms with Crippen molar-refractivity contribution in [3.05, 3.63) is 104 Å². The normalized spacial score (nSPS) is 14.5. The lowest BCUT2D eigenvalue weighted by Crippen LogP contribution is -2.44. The molecular formula is C44H53ClN20. The Labute approximate surface area is 382 Å². The molecule has 2 saturated heterocycles. The number of piperazine rings is 2. The average molecular weight is 898 g/mol. The second-order valence-electron chi connectivity index (χ2n) is 15.6. The van der Waals surface area contributed by atoms with Crippen LogP contribution in [0.4, 0.5) is 17.5 Å². The highest BCUT2D eigenvalue weighted by Crippen LogP contribution is 2.26. The molecule has 6 aromatic heterocycles. The van der Waals surface area contributed by atoms with Gasteiger partial charge in [0.15, 0.2) is 39.4 Å². The summed E-state index contributed by atoms with van der Waals surface area (Å²) in [6, 6.07) is 19.7. The fraction of sp³-hybridized carbons (Fsp3) is 0.364. The highest BCUT2D eigenvalue weighted by molar-refractivity contribution is 6.33. The predicted octanol–water partition coefficient (Wildman–Crippen LogP) is 4.05. The molecule has 10 rings (SSSR count). The van der Waals surface area contributed by atoms with E-state index >= 15 is 0 Å². The lowest BCUT2D eigenvalue weighted by molar-refractivity contribution is 0.312. The van der Waals surface area contributed by atoms with Crippen molar-refractivity contribution < 1.29 is 0 Å². The first-order valence-corrected chi connectivity index (χ1v) is 22.1. The molecule has 2 fully saturated rings. The van der Waals surface area contributed by atoms with Crippen molar-refractivity contribution in [3.8, 4) is 22.8 Å². The second-order valence-corrected chi connectivity index (χ2v) is 15.9. The molecular weight excluding hydrogens is 844 g/mol. The van der Waals surface area contributed by atoms with Gasteiger partial charge in [-0.2, -0.15) is 10.2 Å². The van der Waals surface area contributed by atoms with Gasteiger partial charge in [0.2, 0.25) is 0 Å². The molecule has 20 nitrogen and oxygen atoms in total. The van der Waals surface area contributed by atoms with Gasteiger partial charge in [-0.15, -0.1) is 0 Å². The Balaban J connectivity index is 0.000000153. The van der Waals surface area contributed by atoms with E-state index in [4.69, 9.17) is 37.3 Å². The number of anilines is 3. The van der Waals surface area contributed by atoms with Crippen molar-refractivity contribution in [2.45, 2.75) is 25.9 Å². The molecule has 8 heterocycles. The van der Waals surface area contributed by atoms with Gasteiger partial charge in [-0.3, -0.25) is 9.36 Å². The number of hydrogen-bond acceptors (Lipinski definition) is 18. The first-order valence-electron chi connectivity index (χ1n) is 21.7. The smallest absolute Gasteiger partial charge is 0.186 e. The monoisotopic (exact) mass is 896 g/mol. The van der Waals surface area contributed by atoms with Crippen LogP contribution in [0.15, 0.2) is 98.4 Å². The van der Waals surface area contributed by atoms with E-state index in [2.05, 4.69) is 79.1 Å². The summed E-state index contributed by atoms with van der Waals surface area (Å²) in [7, 11) is 4.27. The van der Waals surface area contributed by atoms with Crippen molar-refractivity contribution in [3.63, 3.8) is 0 Å². The Morgan fingerprint density at radius 2 is 1.08 bits per heavy atom. The van der Waals surface area contributed by atoms with Gasteiger partial charge in [0.05, 0.1) is 12.4 Å². The summed E-state index contributed by atoms with van der Waals surface area (Å²) in [5, 5.41) is 11.8. The first-order chi connectivity index (χ1) is 31.9. The second kappa shape index (κ2) is 22.2. The molecule has 65 heavy (non-hydrogen) atoms. The highest BCUT2D eigenvalue weighted by Gasteiger charge is 2.20. The number of nitrogens with two attached hydrogens (primary N) is 1. The molecule has 0 saturated carbocycles. The van der Waals surface area contributed by atoms with Gasteiger partial charge < -0.3 is 30.7 Å². The molecule has 0 bridgehead atoms. The van der Waals surface area contributed by atoms with E-state index in [0.717, 1.165) is 108 Å². The summed E-state index contributed by atoms with van der Waals surface area (Å²) in [6.07, 6.45) is 11.9. The molecule has 2 aromatic carbocycles. The van der Waals surface area contributed by atoms with Gasteiger partial charge in [0.1, 0.15) is 42.5 Å². The number of nitrogens with one attached hydrogen (secondary N) is 1. The fourth-order valence-corrected chi connectivity index (χ4v) is 7.31. The van der Waals surface area contributed by atoms with E-state index in [1.54, 1.807) is 29.9 Å². The van der Waals surface area contributed by atoms with Gasteiger partial charge in [0, 0.05) is 83.1 Å². The number of rotatable bonds is 12. The highest BCUT2D eigenvalue weighted by atomic mass is 35.5. The van der Waals surface area contributed by atoms with Crippen molar-refractivity contribution in [1.82, 2.24) is 79.2 Å². The van der Waals surface area contributed by atoms with Crippen LogP contribution in [0.25, 0.3) is 45.1 Å². The van der Waals surface area contributed by atoms with Crippen molar-refractivity contribution in [2.24, 2.45) is 5.73 Å². The number of aromatic nitrogens is 14. The summed E-state index contributed by atoms with van der Waals surface area (Å²) in [4.78, 5) is 54.0. The molecule has 0 aliphatic carbocycles. The molecule has 3 N–H and O–H groups in total. The van der Waals surface area contributed by atoms with Crippen LogP contribution in [0.2, 0.25) is 5.15 Å². The minimum Gasteiger partial charge on any atom is -0.368 e. The van der Waals surface area contributed by atoms with E-state index in [1.165, 1.54) is 6.33 Å². The third-order valence-corrected chi connectivity index (χ3v) is 11.1. The van der Waals surface area contributed by atoms with E-state index < -0.39 is 0 Å². The number of likely N-dealkylation sites (N-methyl/N-ethyl adjacent to an activating group) is 2. The van der Waals surface area contributed by atoms with Gasteiger partial charge in [0.25, 0.3) is 0 Å². The fourth-order valence-electron chi connectivity index (χ4n) is 7.09. The zero-order chi connectivity index (χ0) is 44.8. The van der Waals surface area contributed by atoms with Crippen LogP contribution >= 0.6 is 11.6 Å². The van der Waals surface area contributed by atoms with E-state index in [-0.39, 0.29) is 0 Å². The third-order valence-electron chi connectivity index (χ3n) is 10.8. The van der Waals surface area contributed by atoms with Crippen LogP contribution < -0.4 is 20.9 Å². The van der Waals surface area contributed by atoms with Gasteiger partial charge in [-0.25, -0.2) is 49.8 Å². The van der Waals surface area contributed by atoms with Gasteiger partial charge in [-0.1, -0.05) is 72.3 Å². The maximum atomic E-state index is 6.30. The van der Waals surface area contributed by atoms with Crippen molar-refractivity contribution in [1.29, 1.82) is 0 Å². The number of aryl methyl sites for hydroxylation is 2. The molecule has 8 aromatic rings. The van der Waals surface area contributed by atoms with Crippen molar-refractivity contribution >= 4 is 51.4 Å². The molecule has 0 radical (unpaired) electrons. The summed E-state index contributed by atoms with van der Waals surface area (Å²) < 4.78 is 3.59. The summed E-state index contributed by atoms with van der Waals surface area (Å²) >= 11 is 6.30. The van der Waals surface area contributed by atoms with Gasteiger partial charge >= 0.3 is 0 Å². The number of benzene rings is 2. The first kappa shape index (κ1) is 44.7. The zero-order valence-corrected chi connectivity index (χ0v) is 37.4. The Bertz CT molecular complexity index is 2670. The minimum atomic E-state index is 0.330. The standard InChI is InChI=1S/C22H26N10.C17H17ClN6.C5H10N4/c1-30-10-12-31(13-11-30)18-14-25-19-21(24-8-5-9-32-16-23-15-26-32)28-20(29-22(19)27-18)17-6-3-2-4-7-17;1-23-7-9-24(10-8-23)13-11-19-14-15(18)21-16(22-17(14)20-13)12-5-3-2-4-6-12;6-2-1-3-9-5-7-4-8-9/h2-4,6-7,14-16H,5,8-13H2,1H3,(H,24,27,28,29);2-6,11H,7-10H2,1H3;4-5H,1-3,6H2. The Morgan fingerprint density at radius 3 is 1.58 bits per heavy atom. The van der Waals surface area contributed by atoms with Crippen LogP contribution in [0.5, 0.6) is 0 Å². The lowest BCUT2D eigenvalue weighted by atomic mass is 10.2. The summed E-state index contributed by atoms with van der Waals surface area (Å²) in [5.74, 6) is 3.61. The van der Waals surface area contributed by atoms with Gasteiger partial charge in [-0.05, 0) is 33.5 Å². The van der Waals surface area contributed by atoms with E-state index in [1.807, 2.05) is 71.5 Å². The van der Waals surface area contributed by atoms with E-state index in [9.17, 15) is 0 Å². The van der Waals surface area contributed by atoms with Crippen LogP contribution in [0.3, 0.4) is 0 Å². The number of fused-ring (bicyclic) bond motifs is 2. The molecule has 2 aliphatic heterocycles. The topological polar surface area (TPSA) is 216 Å². The molecule has 0 amide bonds. The largest absolute Gasteiger partial charge is 0.368 e. The van der Waals surface area contributed by atoms with Crippen LogP contribution in [0, 0.1) is 0 Å². The number of halogens is 1. The maximum absolute atomic E-state index is 6.30. The predicted molar refractivity (Wildman–Crippen MR) is 252 cm³/mol. The Kier molecular flexibility index (Phi) is 15.2. The maximum Gasteiger partial charge on any atom is 0.186 e. The molecule has 0 atom stereocenters. The van der Waals surface area contributed by atoms with Crippen LogP contribution in [-0.2, 0) is 13.1 Å². The number of nitrogens with zero attached hydrogens (tertiary/aromatic N) is 18. The van der Waals surface area contributed by atoms with Crippen LogP contribution in [0.1, 0.15) is 12.8 Å².